The summed E-state index contributed by atoms with van der Waals surface area (Å²) in [7, 11) is 0. The first kappa shape index (κ1) is 56.5. The molecular formula is C60H51F3N18O3. The van der Waals surface area contributed by atoms with Crippen molar-refractivity contribution in [3.05, 3.63) is 197 Å². The summed E-state index contributed by atoms with van der Waals surface area (Å²) in [4.78, 5) is 78.3. The molecule has 3 aliphatic heterocycles. The van der Waals surface area contributed by atoms with Crippen LogP contribution >= 0.6 is 0 Å². The molecule has 84 heavy (non-hydrogen) atoms. The topological polar surface area (TPSA) is 237 Å². The van der Waals surface area contributed by atoms with Crippen LogP contribution < -0.4 is 14.7 Å². The molecule has 1 unspecified atom stereocenters. The number of amides is 3. The summed E-state index contributed by atoms with van der Waals surface area (Å²) in [5.74, 6) is 0.0827. The second kappa shape index (κ2) is 26.2. The third-order valence-corrected chi connectivity index (χ3v) is 14.5. The summed E-state index contributed by atoms with van der Waals surface area (Å²) in [6, 6.07) is 24.4. The molecule has 21 nitrogen and oxygen atoms in total. The summed E-state index contributed by atoms with van der Waals surface area (Å²) < 4.78 is 41.6. The van der Waals surface area contributed by atoms with Crippen LogP contribution in [-0.2, 0) is 33.6 Å². The highest BCUT2D eigenvalue weighted by atomic mass is 19.1. The summed E-state index contributed by atoms with van der Waals surface area (Å²) in [5.41, 5.74) is 4.60. The number of anilines is 3. The highest BCUT2D eigenvalue weighted by molar-refractivity contribution is 5.96. The molecule has 420 valence electrons. The SMILES string of the molecule is [C-]#[N+]c1ccc(CC2CCCN(c3n[nH]c(-c4ccncc4)n3)C2=O)cc1F.[C-]#[N+]c1ccc(C[C@@H]2CCCN(c3n[nH]c(-c4ccncc4)n3)C2=O)cc1F.[C-]#[N+]c1ccc(C[C@H]2CCCN(c3n[nH]c(-c4ccncc4)n3)C2=O)cc1F. The fourth-order valence-electron chi connectivity index (χ4n) is 10.2. The minimum Gasteiger partial charge on any atom is -0.279 e. The molecule has 0 saturated carbocycles. The van der Waals surface area contributed by atoms with Gasteiger partial charge >= 0.3 is 0 Å². The predicted octanol–water partition coefficient (Wildman–Crippen LogP) is 10.6. The van der Waals surface area contributed by atoms with Crippen molar-refractivity contribution < 1.29 is 27.6 Å². The van der Waals surface area contributed by atoms with Crippen LogP contribution in [0.4, 0.5) is 48.1 Å². The van der Waals surface area contributed by atoms with Crippen LogP contribution in [0.2, 0.25) is 0 Å². The molecule has 9 aromatic rings. The molecule has 3 fully saturated rings. The molecule has 24 heteroatoms. The standard InChI is InChI=1S/3C20H17FN6O/c3*1-22-17-5-4-13(12-16(17)21)11-15-3-2-10-27(19(15)28)20-24-18(25-26-20)14-6-8-23-9-7-14/h3*4-9,12,15H,2-3,10-11H2,(H,24,25,26)/t2*15-;/m10./s1. The molecule has 3 atom stereocenters. The Morgan fingerprint density at radius 2 is 0.702 bits per heavy atom. The molecule has 3 N–H and O–H groups in total. The van der Waals surface area contributed by atoms with E-state index in [2.05, 4.69) is 75.0 Å². The largest absolute Gasteiger partial charge is 0.279 e. The molecule has 0 bridgehead atoms. The van der Waals surface area contributed by atoms with E-state index in [4.69, 9.17) is 19.7 Å². The highest BCUT2D eigenvalue weighted by Gasteiger charge is 2.35. The van der Waals surface area contributed by atoms with Gasteiger partial charge < -0.3 is 0 Å². The number of aromatic amines is 3. The number of hydrogen-bond acceptors (Lipinski definition) is 12. The van der Waals surface area contributed by atoms with Crippen molar-refractivity contribution in [3.63, 3.8) is 0 Å². The summed E-state index contributed by atoms with van der Waals surface area (Å²) >= 11 is 0. The maximum atomic E-state index is 13.9. The van der Waals surface area contributed by atoms with Gasteiger partial charge in [0.1, 0.15) is 17.5 Å². The molecule has 12 rings (SSSR count). The van der Waals surface area contributed by atoms with Crippen LogP contribution in [0.5, 0.6) is 0 Å². The van der Waals surface area contributed by atoms with E-state index in [1.165, 1.54) is 36.4 Å². The lowest BCUT2D eigenvalue weighted by Crippen LogP contribution is -2.42. The molecule has 9 heterocycles. The Kier molecular flexibility index (Phi) is 17.6. The van der Waals surface area contributed by atoms with Crippen molar-refractivity contribution in [2.24, 2.45) is 17.8 Å². The number of carbonyl (C=O) groups is 3. The maximum Gasteiger partial charge on any atom is 0.251 e. The quantitative estimate of drug-likeness (QED) is 0.0969. The van der Waals surface area contributed by atoms with Crippen molar-refractivity contribution in [2.75, 3.05) is 34.3 Å². The average Bonchev–Trinajstić information content (AvgIpc) is 4.50. The lowest BCUT2D eigenvalue weighted by Gasteiger charge is -2.30. The second-order valence-electron chi connectivity index (χ2n) is 20.0. The Morgan fingerprint density at radius 3 is 0.952 bits per heavy atom. The highest BCUT2D eigenvalue weighted by Crippen LogP contribution is 2.32. The summed E-state index contributed by atoms with van der Waals surface area (Å²) in [5, 5.41) is 21.2. The number of nitrogens with zero attached hydrogens (tertiary/aromatic N) is 15. The van der Waals surface area contributed by atoms with Gasteiger partial charge in [-0.2, -0.15) is 15.0 Å². The third-order valence-electron chi connectivity index (χ3n) is 14.5. The van der Waals surface area contributed by atoms with E-state index in [9.17, 15) is 27.6 Å². The van der Waals surface area contributed by atoms with Gasteiger partial charge in [-0.05, 0) is 129 Å². The number of rotatable bonds is 12. The zero-order valence-electron chi connectivity index (χ0n) is 44.9. The van der Waals surface area contributed by atoms with Crippen LogP contribution in [0.25, 0.3) is 48.7 Å². The first-order valence-corrected chi connectivity index (χ1v) is 26.9. The van der Waals surface area contributed by atoms with Crippen LogP contribution in [0.15, 0.2) is 128 Å². The summed E-state index contributed by atoms with van der Waals surface area (Å²) in [6.07, 6.45) is 15.9. The Labute approximate surface area is 479 Å². The Balaban J connectivity index is 0.000000140. The number of pyridine rings is 3. The van der Waals surface area contributed by atoms with Crippen molar-refractivity contribution in [1.29, 1.82) is 0 Å². The summed E-state index contributed by atoms with van der Waals surface area (Å²) in [6.45, 7) is 22.4. The van der Waals surface area contributed by atoms with Crippen LogP contribution in [0.3, 0.4) is 0 Å². The molecule has 3 saturated heterocycles. The second-order valence-corrected chi connectivity index (χ2v) is 20.0. The van der Waals surface area contributed by atoms with Crippen molar-refractivity contribution in [1.82, 2.24) is 60.5 Å². The maximum absolute atomic E-state index is 13.9. The van der Waals surface area contributed by atoms with Gasteiger partial charge in [0.2, 0.25) is 34.8 Å². The van der Waals surface area contributed by atoms with Gasteiger partial charge in [-0.3, -0.25) is 59.3 Å². The minimum atomic E-state index is -0.552. The van der Waals surface area contributed by atoms with E-state index < -0.39 is 17.5 Å². The fourth-order valence-corrected chi connectivity index (χ4v) is 10.2. The average molecular weight is 1130 g/mol. The molecule has 0 spiro atoms. The zero-order chi connectivity index (χ0) is 58.5. The predicted molar refractivity (Wildman–Crippen MR) is 303 cm³/mol. The van der Waals surface area contributed by atoms with Gasteiger partial charge in [0.25, 0.3) is 17.8 Å². The molecular weight excluding hydrogens is 1080 g/mol. The molecule has 6 aromatic heterocycles. The van der Waals surface area contributed by atoms with Crippen LogP contribution in [0, 0.1) is 54.9 Å². The van der Waals surface area contributed by atoms with Gasteiger partial charge in [-0.15, -0.1) is 15.3 Å². The molecule has 3 amide bonds. The Morgan fingerprint density at radius 1 is 0.429 bits per heavy atom. The normalized spacial score (nSPS) is 16.8. The monoisotopic (exact) mass is 1130 g/mol. The van der Waals surface area contributed by atoms with E-state index in [1.807, 2.05) is 36.4 Å². The van der Waals surface area contributed by atoms with Gasteiger partial charge in [0.05, 0.1) is 19.7 Å². The number of H-pyrrole nitrogens is 3. The third kappa shape index (κ3) is 13.2. The van der Waals surface area contributed by atoms with Gasteiger partial charge in [0.15, 0.2) is 17.5 Å². The molecule has 3 aliphatic rings. The van der Waals surface area contributed by atoms with Crippen molar-refractivity contribution in [3.8, 4) is 34.2 Å². The molecule has 3 aromatic carbocycles. The number of hydrogen-bond donors (Lipinski definition) is 3. The van der Waals surface area contributed by atoms with E-state index in [1.54, 1.807) is 70.1 Å². The number of benzene rings is 3. The van der Waals surface area contributed by atoms with Crippen molar-refractivity contribution in [2.45, 2.75) is 57.8 Å². The smallest absolute Gasteiger partial charge is 0.251 e. The first-order valence-electron chi connectivity index (χ1n) is 26.9. The number of aromatic nitrogens is 12. The lowest BCUT2D eigenvalue weighted by molar-refractivity contribution is -0.124. The molecule has 0 radical (unpaired) electrons. The number of nitrogens with one attached hydrogen (secondary N) is 3. The minimum absolute atomic E-state index is 0.00953. The number of halogens is 3. The first-order chi connectivity index (χ1) is 41.0. The molecule has 0 aliphatic carbocycles. The Bertz CT molecular complexity index is 3530. The van der Waals surface area contributed by atoms with E-state index in [-0.39, 0.29) is 52.5 Å². The van der Waals surface area contributed by atoms with Crippen LogP contribution in [-0.4, -0.2) is 97.9 Å². The van der Waals surface area contributed by atoms with Crippen molar-refractivity contribution >= 4 is 52.6 Å². The van der Waals surface area contributed by atoms with E-state index >= 15 is 0 Å². The van der Waals surface area contributed by atoms with Gasteiger partial charge in [-0.1, -0.05) is 36.4 Å². The lowest BCUT2D eigenvalue weighted by atomic mass is 9.90. The van der Waals surface area contributed by atoms with Gasteiger partial charge in [0, 0.05) is 91.3 Å². The number of carbonyl (C=O) groups excluding carboxylic acids is 3. The number of piperidine rings is 3. The van der Waals surface area contributed by atoms with Gasteiger partial charge in [-0.25, -0.2) is 27.7 Å². The fraction of sp³-hybridized carbons (Fsp3) is 0.250. The van der Waals surface area contributed by atoms with E-state index in [0.29, 0.717) is 90.9 Å². The zero-order valence-corrected chi connectivity index (χ0v) is 44.9. The van der Waals surface area contributed by atoms with Crippen LogP contribution in [0.1, 0.15) is 55.2 Å². The van der Waals surface area contributed by atoms with E-state index in [0.717, 1.165) is 55.2 Å². The Hall–Kier alpha value is -10.8.